The molecule has 3 N–H and O–H groups in total. The van der Waals surface area contributed by atoms with Gasteiger partial charge in [-0.25, -0.2) is 0 Å². The molecule has 0 radical (unpaired) electrons. The molecule has 1 unspecified atom stereocenters. The molecule has 0 aliphatic rings. The van der Waals surface area contributed by atoms with Crippen molar-refractivity contribution in [3.8, 4) is 0 Å². The van der Waals surface area contributed by atoms with Gasteiger partial charge in [0.15, 0.2) is 0 Å². The lowest BCUT2D eigenvalue weighted by Crippen LogP contribution is -2.46. The molecular formula is C10H22N2O2. The number of rotatable bonds is 8. The first-order chi connectivity index (χ1) is 6.54. The average molecular weight is 202 g/mol. The Morgan fingerprint density at radius 3 is 2.64 bits per heavy atom. The molecule has 4 nitrogen and oxygen atoms in total. The quantitative estimate of drug-likeness (QED) is 0.607. The number of methoxy groups -OCH3 is 1. The van der Waals surface area contributed by atoms with Crippen molar-refractivity contribution >= 4 is 5.91 Å². The van der Waals surface area contributed by atoms with Crippen molar-refractivity contribution < 1.29 is 9.53 Å². The highest BCUT2D eigenvalue weighted by Gasteiger charge is 2.24. The minimum atomic E-state index is -0.271. The van der Waals surface area contributed by atoms with Gasteiger partial charge in [0.25, 0.3) is 0 Å². The van der Waals surface area contributed by atoms with E-state index in [1.54, 1.807) is 7.11 Å². The fourth-order valence-corrected chi connectivity index (χ4v) is 1.38. The zero-order chi connectivity index (χ0) is 11.0. The van der Waals surface area contributed by atoms with E-state index >= 15 is 0 Å². The fourth-order valence-electron chi connectivity index (χ4n) is 1.38. The number of ether oxygens (including phenoxy) is 1. The maximum absolute atomic E-state index is 10.9. The SMILES string of the molecule is CCCNC(C)(CCOC)CC(N)=O. The molecule has 0 rings (SSSR count). The van der Waals surface area contributed by atoms with Gasteiger partial charge in [-0.1, -0.05) is 6.92 Å². The van der Waals surface area contributed by atoms with Crippen molar-refractivity contribution in [2.45, 2.75) is 38.6 Å². The van der Waals surface area contributed by atoms with E-state index in [0.717, 1.165) is 19.4 Å². The van der Waals surface area contributed by atoms with Gasteiger partial charge >= 0.3 is 0 Å². The standard InChI is InChI=1S/C10H22N2O2/c1-4-6-12-10(2,5-7-14-3)8-9(11)13/h12H,4-8H2,1-3H3,(H2,11,13). The van der Waals surface area contributed by atoms with E-state index < -0.39 is 0 Å². The van der Waals surface area contributed by atoms with Crippen LogP contribution in [0.3, 0.4) is 0 Å². The number of amides is 1. The number of carbonyl (C=O) groups is 1. The summed E-state index contributed by atoms with van der Waals surface area (Å²) in [7, 11) is 1.66. The van der Waals surface area contributed by atoms with Crippen LogP contribution >= 0.6 is 0 Å². The minimum absolute atomic E-state index is 0.224. The van der Waals surface area contributed by atoms with Crippen LogP contribution in [-0.2, 0) is 9.53 Å². The van der Waals surface area contributed by atoms with Crippen LogP contribution in [0.15, 0.2) is 0 Å². The Bertz CT molecular complexity index is 164. The van der Waals surface area contributed by atoms with Gasteiger partial charge in [0.05, 0.1) is 0 Å². The summed E-state index contributed by atoms with van der Waals surface area (Å²) < 4.78 is 5.01. The van der Waals surface area contributed by atoms with Gasteiger partial charge in [0.2, 0.25) is 5.91 Å². The molecule has 0 saturated heterocycles. The first-order valence-electron chi connectivity index (χ1n) is 5.06. The van der Waals surface area contributed by atoms with Crippen molar-refractivity contribution in [1.82, 2.24) is 5.32 Å². The summed E-state index contributed by atoms with van der Waals surface area (Å²) in [6, 6.07) is 0. The van der Waals surface area contributed by atoms with E-state index in [-0.39, 0.29) is 11.4 Å². The zero-order valence-electron chi connectivity index (χ0n) is 9.43. The molecule has 1 amide bonds. The van der Waals surface area contributed by atoms with Gasteiger partial charge in [-0.05, 0) is 26.3 Å². The molecule has 0 aliphatic carbocycles. The third kappa shape index (κ3) is 5.94. The highest BCUT2D eigenvalue weighted by molar-refractivity contribution is 5.75. The normalized spacial score (nSPS) is 15.1. The first kappa shape index (κ1) is 13.4. The van der Waals surface area contributed by atoms with Gasteiger partial charge in [-0.15, -0.1) is 0 Å². The predicted molar refractivity (Wildman–Crippen MR) is 57.0 cm³/mol. The molecule has 0 heterocycles. The molecule has 0 spiro atoms. The summed E-state index contributed by atoms with van der Waals surface area (Å²) in [4.78, 5) is 10.9. The van der Waals surface area contributed by atoms with E-state index in [9.17, 15) is 4.79 Å². The summed E-state index contributed by atoms with van der Waals surface area (Å²) in [5.41, 5.74) is 4.98. The van der Waals surface area contributed by atoms with Crippen LogP contribution in [0.5, 0.6) is 0 Å². The Morgan fingerprint density at radius 2 is 2.21 bits per heavy atom. The molecular weight excluding hydrogens is 180 g/mol. The lowest BCUT2D eigenvalue weighted by Gasteiger charge is -2.29. The second-order valence-corrected chi connectivity index (χ2v) is 3.87. The second-order valence-electron chi connectivity index (χ2n) is 3.87. The summed E-state index contributed by atoms with van der Waals surface area (Å²) in [6.07, 6.45) is 2.20. The van der Waals surface area contributed by atoms with Crippen molar-refractivity contribution in [2.24, 2.45) is 5.73 Å². The molecule has 1 atom stereocenters. The molecule has 0 aliphatic heterocycles. The summed E-state index contributed by atoms with van der Waals surface area (Å²) >= 11 is 0. The zero-order valence-corrected chi connectivity index (χ0v) is 9.43. The number of nitrogens with two attached hydrogens (primary N) is 1. The summed E-state index contributed by atoms with van der Waals surface area (Å²) in [5.74, 6) is -0.271. The van der Waals surface area contributed by atoms with Crippen molar-refractivity contribution in [1.29, 1.82) is 0 Å². The highest BCUT2D eigenvalue weighted by atomic mass is 16.5. The smallest absolute Gasteiger partial charge is 0.219 e. The monoisotopic (exact) mass is 202 g/mol. The third-order valence-electron chi connectivity index (χ3n) is 2.22. The Balaban J connectivity index is 4.09. The predicted octanol–water partition coefficient (Wildman–Crippen LogP) is 0.657. The summed E-state index contributed by atoms with van der Waals surface area (Å²) in [6.45, 7) is 5.63. The Labute approximate surface area is 86.2 Å². The topological polar surface area (TPSA) is 64.3 Å². The molecule has 4 heteroatoms. The van der Waals surface area contributed by atoms with Crippen LogP contribution in [0.4, 0.5) is 0 Å². The fraction of sp³-hybridized carbons (Fsp3) is 0.900. The molecule has 0 fully saturated rings. The Morgan fingerprint density at radius 1 is 1.57 bits per heavy atom. The highest BCUT2D eigenvalue weighted by Crippen LogP contribution is 2.14. The van der Waals surface area contributed by atoms with Crippen LogP contribution < -0.4 is 11.1 Å². The van der Waals surface area contributed by atoms with Gasteiger partial charge in [0, 0.05) is 25.7 Å². The number of carbonyl (C=O) groups excluding carboxylic acids is 1. The van der Waals surface area contributed by atoms with Gasteiger partial charge in [0.1, 0.15) is 0 Å². The average Bonchev–Trinajstić information content (AvgIpc) is 2.11. The van der Waals surface area contributed by atoms with Crippen LogP contribution in [0.1, 0.15) is 33.1 Å². The van der Waals surface area contributed by atoms with Gasteiger partial charge in [-0.2, -0.15) is 0 Å². The third-order valence-corrected chi connectivity index (χ3v) is 2.22. The molecule has 14 heavy (non-hydrogen) atoms. The van der Waals surface area contributed by atoms with E-state index in [1.165, 1.54) is 0 Å². The van der Waals surface area contributed by atoms with Crippen LogP contribution in [0.2, 0.25) is 0 Å². The Hall–Kier alpha value is -0.610. The number of nitrogens with one attached hydrogen (secondary N) is 1. The van der Waals surface area contributed by atoms with E-state index in [4.69, 9.17) is 10.5 Å². The van der Waals surface area contributed by atoms with Crippen LogP contribution in [0.25, 0.3) is 0 Å². The van der Waals surface area contributed by atoms with E-state index in [1.807, 2.05) is 6.92 Å². The molecule has 0 aromatic carbocycles. The molecule has 0 saturated carbocycles. The largest absolute Gasteiger partial charge is 0.385 e. The maximum Gasteiger partial charge on any atom is 0.219 e. The second kappa shape index (κ2) is 6.79. The summed E-state index contributed by atoms with van der Waals surface area (Å²) in [5, 5.41) is 3.33. The van der Waals surface area contributed by atoms with E-state index in [0.29, 0.717) is 13.0 Å². The van der Waals surface area contributed by atoms with Crippen LogP contribution in [0, 0.1) is 0 Å². The number of hydrogen-bond acceptors (Lipinski definition) is 3. The maximum atomic E-state index is 10.9. The lowest BCUT2D eigenvalue weighted by molar-refractivity contribution is -0.119. The van der Waals surface area contributed by atoms with Gasteiger partial charge in [-0.3, -0.25) is 4.79 Å². The molecule has 84 valence electrons. The molecule has 0 aromatic heterocycles. The number of hydrogen-bond donors (Lipinski definition) is 2. The van der Waals surface area contributed by atoms with Crippen molar-refractivity contribution in [3.63, 3.8) is 0 Å². The van der Waals surface area contributed by atoms with Crippen molar-refractivity contribution in [2.75, 3.05) is 20.3 Å². The van der Waals surface area contributed by atoms with Crippen LogP contribution in [-0.4, -0.2) is 31.7 Å². The van der Waals surface area contributed by atoms with Crippen molar-refractivity contribution in [3.05, 3.63) is 0 Å². The molecule has 0 bridgehead atoms. The number of primary amides is 1. The Kier molecular flexibility index (Phi) is 6.49. The minimum Gasteiger partial charge on any atom is -0.385 e. The lowest BCUT2D eigenvalue weighted by atomic mass is 9.93. The molecule has 0 aromatic rings. The van der Waals surface area contributed by atoms with Gasteiger partial charge < -0.3 is 15.8 Å². The first-order valence-corrected chi connectivity index (χ1v) is 5.06. The van der Waals surface area contributed by atoms with E-state index in [2.05, 4.69) is 12.2 Å².